The normalized spacial score (nSPS) is 18.5. The van der Waals surface area contributed by atoms with E-state index in [9.17, 15) is 14.7 Å². The molecule has 2 heterocycles. The summed E-state index contributed by atoms with van der Waals surface area (Å²) in [6.07, 6.45) is 1.82. The number of hydrogen-bond donors (Lipinski definition) is 2. The zero-order valence-electron chi connectivity index (χ0n) is 17.9. The van der Waals surface area contributed by atoms with Gasteiger partial charge in [-0.1, -0.05) is 48.0 Å². The number of rotatable bonds is 6. The van der Waals surface area contributed by atoms with Crippen molar-refractivity contribution in [1.82, 2.24) is 9.88 Å². The Balaban J connectivity index is 1.85. The number of para-hydroxylation sites is 1. The summed E-state index contributed by atoms with van der Waals surface area (Å²) in [5.74, 6) is -1.48. The molecule has 0 aliphatic carbocycles. The van der Waals surface area contributed by atoms with Crippen molar-refractivity contribution in [1.29, 1.82) is 0 Å². The molecule has 3 aromatic rings. The number of ether oxygens (including phenoxy) is 1. The van der Waals surface area contributed by atoms with Crippen molar-refractivity contribution in [3.05, 3.63) is 77.0 Å². The Bertz CT molecular complexity index is 1160. The SMILES string of the molecule is Cc1ccc(/C(O)=C2\C(=O)C(=O)N(CCOC(C)C)C2c2c[nH]c3ccccc23)cc1. The second-order valence-electron chi connectivity index (χ2n) is 8.07. The van der Waals surface area contributed by atoms with Crippen LogP contribution in [0.3, 0.4) is 0 Å². The van der Waals surface area contributed by atoms with Gasteiger partial charge in [0.25, 0.3) is 11.7 Å². The van der Waals surface area contributed by atoms with E-state index in [0.717, 1.165) is 22.0 Å². The lowest BCUT2D eigenvalue weighted by Gasteiger charge is -2.25. The van der Waals surface area contributed by atoms with Crippen LogP contribution in [-0.2, 0) is 14.3 Å². The number of ketones is 1. The number of benzene rings is 2. The van der Waals surface area contributed by atoms with E-state index in [2.05, 4.69) is 4.98 Å². The summed E-state index contributed by atoms with van der Waals surface area (Å²) in [6.45, 7) is 6.33. The monoisotopic (exact) mass is 418 g/mol. The quantitative estimate of drug-likeness (QED) is 0.355. The topological polar surface area (TPSA) is 82.6 Å². The highest BCUT2D eigenvalue weighted by molar-refractivity contribution is 6.46. The molecule has 1 amide bonds. The third kappa shape index (κ3) is 3.86. The van der Waals surface area contributed by atoms with Gasteiger partial charge in [0.1, 0.15) is 5.76 Å². The van der Waals surface area contributed by atoms with Crippen molar-refractivity contribution in [3.8, 4) is 0 Å². The van der Waals surface area contributed by atoms with Crippen molar-refractivity contribution in [2.45, 2.75) is 32.9 Å². The molecule has 1 fully saturated rings. The number of aromatic amines is 1. The molecular formula is C25H26N2O4. The first-order chi connectivity index (χ1) is 14.9. The number of H-pyrrole nitrogens is 1. The van der Waals surface area contributed by atoms with Crippen LogP contribution in [0.4, 0.5) is 0 Å². The fourth-order valence-electron chi connectivity index (χ4n) is 4.01. The van der Waals surface area contributed by atoms with Crippen molar-refractivity contribution < 1.29 is 19.4 Å². The first-order valence-corrected chi connectivity index (χ1v) is 10.4. The molecular weight excluding hydrogens is 392 g/mol. The van der Waals surface area contributed by atoms with Gasteiger partial charge in [-0.3, -0.25) is 9.59 Å². The van der Waals surface area contributed by atoms with E-state index in [1.807, 2.05) is 57.2 Å². The third-order valence-electron chi connectivity index (χ3n) is 5.56. The first-order valence-electron chi connectivity index (χ1n) is 10.4. The van der Waals surface area contributed by atoms with E-state index >= 15 is 0 Å². The highest BCUT2D eigenvalue weighted by Gasteiger charge is 2.46. The van der Waals surface area contributed by atoms with E-state index in [1.165, 1.54) is 4.90 Å². The maximum absolute atomic E-state index is 13.1. The van der Waals surface area contributed by atoms with E-state index in [1.54, 1.807) is 18.3 Å². The fourth-order valence-corrected chi connectivity index (χ4v) is 4.01. The molecule has 2 aromatic carbocycles. The number of carbonyl (C=O) groups is 2. The van der Waals surface area contributed by atoms with Crippen molar-refractivity contribution in [3.63, 3.8) is 0 Å². The second-order valence-corrected chi connectivity index (χ2v) is 8.07. The minimum atomic E-state index is -0.701. The van der Waals surface area contributed by atoms with Gasteiger partial charge in [0.2, 0.25) is 0 Å². The molecule has 0 saturated carbocycles. The van der Waals surface area contributed by atoms with E-state index < -0.39 is 17.7 Å². The van der Waals surface area contributed by atoms with Gasteiger partial charge in [0, 0.05) is 34.8 Å². The van der Waals surface area contributed by atoms with Crippen molar-refractivity contribution in [2.24, 2.45) is 0 Å². The van der Waals surface area contributed by atoms with Crippen LogP contribution in [0.25, 0.3) is 16.7 Å². The molecule has 6 nitrogen and oxygen atoms in total. The summed E-state index contributed by atoms with van der Waals surface area (Å²) in [7, 11) is 0. The molecule has 6 heteroatoms. The number of aryl methyl sites for hydroxylation is 1. The molecule has 4 rings (SSSR count). The van der Waals surface area contributed by atoms with Crippen molar-refractivity contribution >= 4 is 28.4 Å². The lowest BCUT2D eigenvalue weighted by Crippen LogP contribution is -2.33. The van der Waals surface area contributed by atoms with Crippen LogP contribution in [0.2, 0.25) is 0 Å². The molecule has 1 unspecified atom stereocenters. The number of aliphatic hydroxyl groups is 1. The summed E-state index contributed by atoms with van der Waals surface area (Å²) < 4.78 is 5.64. The number of Topliss-reactive ketones (excluding diaryl/α,β-unsaturated/α-hetero) is 1. The Morgan fingerprint density at radius 2 is 1.84 bits per heavy atom. The predicted octanol–water partition coefficient (Wildman–Crippen LogP) is 4.32. The summed E-state index contributed by atoms with van der Waals surface area (Å²) in [4.78, 5) is 30.8. The standard InChI is InChI=1S/C25H26N2O4/c1-15(2)31-13-12-27-22(19-14-26-20-7-5-4-6-18(19)20)21(24(29)25(27)30)23(28)17-10-8-16(3)9-11-17/h4-11,14-15,22,26,28H,12-13H2,1-3H3/b23-21+. The van der Waals surface area contributed by atoms with Gasteiger partial charge >= 0.3 is 0 Å². The van der Waals surface area contributed by atoms with Gasteiger partial charge in [0.05, 0.1) is 24.3 Å². The molecule has 31 heavy (non-hydrogen) atoms. The van der Waals surface area contributed by atoms with E-state index in [4.69, 9.17) is 4.74 Å². The molecule has 2 N–H and O–H groups in total. The smallest absolute Gasteiger partial charge is 0.295 e. The molecule has 1 saturated heterocycles. The highest BCUT2D eigenvalue weighted by Crippen LogP contribution is 2.41. The largest absolute Gasteiger partial charge is 0.507 e. The molecule has 1 aliphatic rings. The Morgan fingerprint density at radius 3 is 2.55 bits per heavy atom. The number of fused-ring (bicyclic) bond motifs is 1. The number of amides is 1. The van der Waals surface area contributed by atoms with E-state index in [-0.39, 0.29) is 24.0 Å². The minimum Gasteiger partial charge on any atom is -0.507 e. The van der Waals surface area contributed by atoms with Crippen LogP contribution < -0.4 is 0 Å². The summed E-state index contributed by atoms with van der Waals surface area (Å²) in [5, 5.41) is 12.0. The summed E-state index contributed by atoms with van der Waals surface area (Å²) >= 11 is 0. The number of nitrogens with zero attached hydrogens (tertiary/aromatic N) is 1. The van der Waals surface area contributed by atoms with Gasteiger partial charge in [-0.2, -0.15) is 0 Å². The van der Waals surface area contributed by atoms with Crippen LogP contribution in [0.5, 0.6) is 0 Å². The maximum atomic E-state index is 13.1. The van der Waals surface area contributed by atoms with Crippen LogP contribution in [0.15, 0.2) is 60.3 Å². The maximum Gasteiger partial charge on any atom is 0.295 e. The lowest BCUT2D eigenvalue weighted by molar-refractivity contribution is -0.140. The number of hydrogen-bond acceptors (Lipinski definition) is 4. The third-order valence-corrected chi connectivity index (χ3v) is 5.56. The summed E-state index contributed by atoms with van der Waals surface area (Å²) in [5.41, 5.74) is 3.32. The fraction of sp³-hybridized carbons (Fsp3) is 0.280. The molecule has 0 radical (unpaired) electrons. The molecule has 0 bridgehead atoms. The molecule has 160 valence electrons. The van der Waals surface area contributed by atoms with Gasteiger partial charge in [-0.15, -0.1) is 0 Å². The molecule has 0 spiro atoms. The number of aliphatic hydroxyl groups excluding tert-OH is 1. The van der Waals surface area contributed by atoms with Gasteiger partial charge in [-0.05, 0) is 26.8 Å². The second kappa shape index (κ2) is 8.40. The zero-order chi connectivity index (χ0) is 22.1. The van der Waals surface area contributed by atoms with E-state index in [0.29, 0.717) is 12.2 Å². The minimum absolute atomic E-state index is 0.0101. The molecule has 1 aromatic heterocycles. The predicted molar refractivity (Wildman–Crippen MR) is 120 cm³/mol. The highest BCUT2D eigenvalue weighted by atomic mass is 16.5. The molecule has 1 aliphatic heterocycles. The van der Waals surface area contributed by atoms with Crippen LogP contribution in [0.1, 0.15) is 36.6 Å². The van der Waals surface area contributed by atoms with Crippen LogP contribution in [-0.4, -0.2) is 45.9 Å². The van der Waals surface area contributed by atoms with Crippen molar-refractivity contribution in [2.75, 3.05) is 13.2 Å². The Kier molecular flexibility index (Phi) is 5.65. The Morgan fingerprint density at radius 1 is 1.13 bits per heavy atom. The van der Waals surface area contributed by atoms with Gasteiger partial charge in [0.15, 0.2) is 0 Å². The lowest BCUT2D eigenvalue weighted by atomic mass is 9.94. The number of aromatic nitrogens is 1. The summed E-state index contributed by atoms with van der Waals surface area (Å²) in [6, 6.07) is 14.2. The number of nitrogens with one attached hydrogen (secondary N) is 1. The Hall–Kier alpha value is -3.38. The zero-order valence-corrected chi connectivity index (χ0v) is 17.9. The Labute approximate surface area is 181 Å². The van der Waals surface area contributed by atoms with Gasteiger partial charge in [-0.25, -0.2) is 0 Å². The number of likely N-dealkylation sites (tertiary alicyclic amines) is 1. The average molecular weight is 418 g/mol. The van der Waals surface area contributed by atoms with Crippen LogP contribution >= 0.6 is 0 Å². The van der Waals surface area contributed by atoms with Crippen LogP contribution in [0, 0.1) is 6.92 Å². The average Bonchev–Trinajstić information content (AvgIpc) is 3.28. The molecule has 1 atom stereocenters. The number of carbonyl (C=O) groups excluding carboxylic acids is 2. The first kappa shape index (κ1) is 20.9. The van der Waals surface area contributed by atoms with Gasteiger partial charge < -0.3 is 19.7 Å².